The molecule has 140 valence electrons. The average Bonchev–Trinajstić information content (AvgIpc) is 3.11. The van der Waals surface area contributed by atoms with E-state index in [1.807, 2.05) is 6.07 Å². The lowest BCUT2D eigenvalue weighted by atomic mass is 9.94. The number of anilines is 1. The van der Waals surface area contributed by atoms with Crippen molar-refractivity contribution in [2.24, 2.45) is 0 Å². The number of carbonyl (C=O) groups is 2. The second-order valence-corrected chi connectivity index (χ2v) is 6.34. The highest BCUT2D eigenvalue weighted by molar-refractivity contribution is 6.11. The maximum atomic E-state index is 14.1. The molecule has 0 aromatic heterocycles. The Bertz CT molecular complexity index is 1080. The van der Waals surface area contributed by atoms with Crippen molar-refractivity contribution in [3.63, 3.8) is 0 Å². The summed E-state index contributed by atoms with van der Waals surface area (Å²) < 4.78 is 19.4. The van der Waals surface area contributed by atoms with Crippen molar-refractivity contribution >= 4 is 17.5 Å². The number of benzene rings is 3. The number of para-hydroxylation sites is 1. The van der Waals surface area contributed by atoms with Crippen LogP contribution in [-0.2, 0) is 6.54 Å². The maximum absolute atomic E-state index is 14.1. The van der Waals surface area contributed by atoms with Crippen LogP contribution in [0.1, 0.15) is 26.3 Å². The van der Waals surface area contributed by atoms with E-state index in [-0.39, 0.29) is 24.1 Å². The molecule has 0 bridgehead atoms. The van der Waals surface area contributed by atoms with Gasteiger partial charge in [0.2, 0.25) is 0 Å². The van der Waals surface area contributed by atoms with Crippen LogP contribution >= 0.6 is 0 Å². The minimum atomic E-state index is -0.479. The minimum absolute atomic E-state index is 0.116. The first kappa shape index (κ1) is 17.7. The molecule has 0 spiro atoms. The predicted molar refractivity (Wildman–Crippen MR) is 104 cm³/mol. The number of nitrogens with one attached hydrogen (secondary N) is 2. The van der Waals surface area contributed by atoms with Gasteiger partial charge in [-0.2, -0.15) is 0 Å². The van der Waals surface area contributed by atoms with E-state index >= 15 is 0 Å². The molecule has 2 N–H and O–H groups in total. The highest BCUT2D eigenvalue weighted by atomic mass is 19.1. The zero-order valence-electron chi connectivity index (χ0n) is 15.1. The van der Waals surface area contributed by atoms with Gasteiger partial charge in [-0.05, 0) is 35.4 Å². The Morgan fingerprint density at radius 2 is 1.82 bits per heavy atom. The third-order valence-electron chi connectivity index (χ3n) is 4.71. The zero-order valence-corrected chi connectivity index (χ0v) is 15.1. The van der Waals surface area contributed by atoms with E-state index in [1.54, 1.807) is 48.5 Å². The van der Waals surface area contributed by atoms with Crippen molar-refractivity contribution in [2.75, 3.05) is 12.4 Å². The van der Waals surface area contributed by atoms with Crippen LogP contribution in [0, 0.1) is 5.82 Å². The largest absolute Gasteiger partial charge is 0.493 e. The van der Waals surface area contributed by atoms with Gasteiger partial charge in [0.1, 0.15) is 0 Å². The number of amides is 2. The number of halogens is 1. The Labute approximate surface area is 161 Å². The van der Waals surface area contributed by atoms with Gasteiger partial charge in [0.05, 0.1) is 18.4 Å². The number of methoxy groups -OCH3 is 1. The molecular weight excluding hydrogens is 359 g/mol. The molecule has 0 saturated heterocycles. The molecule has 3 aromatic rings. The van der Waals surface area contributed by atoms with Crippen LogP contribution in [-0.4, -0.2) is 18.9 Å². The quantitative estimate of drug-likeness (QED) is 0.723. The third kappa shape index (κ3) is 2.99. The summed E-state index contributed by atoms with van der Waals surface area (Å²) in [7, 11) is 1.40. The Morgan fingerprint density at radius 3 is 2.57 bits per heavy atom. The van der Waals surface area contributed by atoms with Gasteiger partial charge < -0.3 is 15.4 Å². The molecular formula is C22H17FN2O3. The summed E-state index contributed by atoms with van der Waals surface area (Å²) in [6.07, 6.45) is 0. The van der Waals surface area contributed by atoms with Gasteiger partial charge in [0, 0.05) is 17.7 Å². The molecule has 0 aliphatic carbocycles. The lowest BCUT2D eigenvalue weighted by Crippen LogP contribution is -2.17. The molecule has 0 saturated carbocycles. The van der Waals surface area contributed by atoms with Gasteiger partial charge in [0.25, 0.3) is 11.8 Å². The topological polar surface area (TPSA) is 67.4 Å². The number of fused-ring (bicyclic) bond motifs is 1. The molecule has 0 atom stereocenters. The molecule has 1 aliphatic heterocycles. The van der Waals surface area contributed by atoms with E-state index in [1.165, 1.54) is 13.2 Å². The van der Waals surface area contributed by atoms with E-state index < -0.39 is 5.82 Å². The summed E-state index contributed by atoms with van der Waals surface area (Å²) in [5.74, 6) is -0.952. The first-order chi connectivity index (χ1) is 13.6. The lowest BCUT2D eigenvalue weighted by molar-refractivity contribution is 0.0966. The number of carbonyl (C=O) groups excluding carboxylic acids is 2. The van der Waals surface area contributed by atoms with Gasteiger partial charge in [-0.3, -0.25) is 9.59 Å². The molecule has 4 rings (SSSR count). The van der Waals surface area contributed by atoms with Crippen molar-refractivity contribution in [1.82, 2.24) is 5.32 Å². The summed E-state index contributed by atoms with van der Waals surface area (Å²) >= 11 is 0. The molecule has 2 amide bonds. The summed E-state index contributed by atoms with van der Waals surface area (Å²) in [6.45, 7) is 0.290. The normalized spacial score (nSPS) is 12.3. The van der Waals surface area contributed by atoms with Crippen LogP contribution in [0.25, 0.3) is 11.1 Å². The van der Waals surface area contributed by atoms with E-state index in [4.69, 9.17) is 4.74 Å². The van der Waals surface area contributed by atoms with Crippen molar-refractivity contribution in [3.8, 4) is 16.9 Å². The number of hydrogen-bond acceptors (Lipinski definition) is 3. The van der Waals surface area contributed by atoms with Crippen LogP contribution in [0.2, 0.25) is 0 Å². The van der Waals surface area contributed by atoms with Crippen molar-refractivity contribution in [3.05, 3.63) is 83.2 Å². The third-order valence-corrected chi connectivity index (χ3v) is 4.71. The van der Waals surface area contributed by atoms with Crippen LogP contribution in [0.4, 0.5) is 10.1 Å². The first-order valence-corrected chi connectivity index (χ1v) is 8.73. The summed E-state index contributed by atoms with van der Waals surface area (Å²) in [5, 5.41) is 5.58. The molecule has 0 fully saturated rings. The molecule has 1 heterocycles. The second-order valence-electron chi connectivity index (χ2n) is 6.34. The highest BCUT2D eigenvalue weighted by Gasteiger charge is 2.28. The van der Waals surface area contributed by atoms with Crippen LogP contribution in [0.5, 0.6) is 5.75 Å². The molecule has 0 radical (unpaired) electrons. The Balaban J connectivity index is 1.79. The predicted octanol–water partition coefficient (Wildman–Crippen LogP) is 4.00. The fraction of sp³-hybridized carbons (Fsp3) is 0.0909. The Morgan fingerprint density at radius 1 is 1.04 bits per heavy atom. The molecule has 3 aromatic carbocycles. The number of rotatable bonds is 4. The van der Waals surface area contributed by atoms with Crippen LogP contribution in [0.3, 0.4) is 0 Å². The van der Waals surface area contributed by atoms with Crippen molar-refractivity contribution in [1.29, 1.82) is 0 Å². The summed E-state index contributed by atoms with van der Waals surface area (Å²) in [5.41, 5.74) is 3.22. The summed E-state index contributed by atoms with van der Waals surface area (Å²) in [4.78, 5) is 24.9. The molecule has 0 unspecified atom stereocenters. The van der Waals surface area contributed by atoms with Crippen molar-refractivity contribution in [2.45, 2.75) is 6.54 Å². The SMILES string of the molecule is COc1c(F)cccc1-c1ccc(NC(=O)c2ccccc2)c2c1CNC2=O. The molecule has 5 nitrogen and oxygen atoms in total. The lowest BCUT2D eigenvalue weighted by Gasteiger charge is -2.15. The van der Waals surface area contributed by atoms with E-state index in [0.29, 0.717) is 33.5 Å². The number of ether oxygens (including phenoxy) is 1. The minimum Gasteiger partial charge on any atom is -0.493 e. The van der Waals surface area contributed by atoms with E-state index in [0.717, 1.165) is 0 Å². The standard InChI is InChI=1S/C22H17FN2O3/c1-28-20-15(8-5-9-17(20)23)14-10-11-18(19-16(14)12-24-22(19)27)25-21(26)13-6-3-2-4-7-13/h2-11H,12H2,1H3,(H,24,27)(H,25,26). The van der Waals surface area contributed by atoms with E-state index in [2.05, 4.69) is 10.6 Å². The fourth-order valence-electron chi connectivity index (χ4n) is 3.42. The molecule has 1 aliphatic rings. The first-order valence-electron chi connectivity index (χ1n) is 8.73. The number of hydrogen-bond donors (Lipinski definition) is 2. The summed E-state index contributed by atoms with van der Waals surface area (Å²) in [6, 6.07) is 16.8. The second kappa shape index (κ2) is 7.15. The van der Waals surface area contributed by atoms with Gasteiger partial charge in [-0.15, -0.1) is 0 Å². The smallest absolute Gasteiger partial charge is 0.255 e. The van der Waals surface area contributed by atoms with Crippen molar-refractivity contribution < 1.29 is 18.7 Å². The van der Waals surface area contributed by atoms with Gasteiger partial charge >= 0.3 is 0 Å². The Kier molecular flexibility index (Phi) is 4.53. The monoisotopic (exact) mass is 376 g/mol. The molecule has 28 heavy (non-hydrogen) atoms. The molecule has 6 heteroatoms. The van der Waals surface area contributed by atoms with Crippen LogP contribution in [0.15, 0.2) is 60.7 Å². The van der Waals surface area contributed by atoms with Crippen LogP contribution < -0.4 is 15.4 Å². The maximum Gasteiger partial charge on any atom is 0.255 e. The highest BCUT2D eigenvalue weighted by Crippen LogP contribution is 2.39. The van der Waals surface area contributed by atoms with Gasteiger partial charge in [-0.1, -0.05) is 36.4 Å². The van der Waals surface area contributed by atoms with E-state index in [9.17, 15) is 14.0 Å². The van der Waals surface area contributed by atoms with Gasteiger partial charge in [0.15, 0.2) is 11.6 Å². The fourth-order valence-corrected chi connectivity index (χ4v) is 3.42. The zero-order chi connectivity index (χ0) is 19.7. The van der Waals surface area contributed by atoms with Gasteiger partial charge in [-0.25, -0.2) is 4.39 Å². The Hall–Kier alpha value is -3.67. The average molecular weight is 376 g/mol.